The van der Waals surface area contributed by atoms with Gasteiger partial charge in [-0.2, -0.15) is 0 Å². The third-order valence-electron chi connectivity index (χ3n) is 3.39. The minimum absolute atomic E-state index is 0.934. The molecule has 0 spiro atoms. The predicted octanol–water partition coefficient (Wildman–Crippen LogP) is 4.49. The molecule has 0 radical (unpaired) electrons. The van der Waals surface area contributed by atoms with Gasteiger partial charge >= 0.3 is 0 Å². The van der Waals surface area contributed by atoms with Crippen molar-refractivity contribution >= 4 is 0 Å². The minimum Gasteiger partial charge on any atom is -0.496 e. The number of hydrogen-bond donors (Lipinski definition) is 0. The van der Waals surface area contributed by atoms with E-state index in [1.54, 1.807) is 7.11 Å². The molecule has 0 heterocycles. The van der Waals surface area contributed by atoms with Gasteiger partial charge in [-0.1, -0.05) is 50.2 Å². The summed E-state index contributed by atoms with van der Waals surface area (Å²) >= 11 is 0. The van der Waals surface area contributed by atoms with E-state index in [1.165, 1.54) is 16.7 Å². The van der Waals surface area contributed by atoms with Crippen molar-refractivity contribution in [2.75, 3.05) is 7.11 Å². The lowest BCUT2D eigenvalue weighted by Crippen LogP contribution is -1.93. The van der Waals surface area contributed by atoms with Gasteiger partial charge in [0.15, 0.2) is 0 Å². The average Bonchev–Trinajstić information content (AvgIpc) is 2.46. The van der Waals surface area contributed by atoms with Crippen molar-refractivity contribution in [2.24, 2.45) is 0 Å². The Morgan fingerprint density at radius 3 is 2.28 bits per heavy atom. The fourth-order valence-corrected chi connectivity index (χ4v) is 2.35. The first-order valence-electron chi connectivity index (χ1n) is 6.55. The van der Waals surface area contributed by atoms with E-state index in [2.05, 4.69) is 44.2 Å². The van der Waals surface area contributed by atoms with Gasteiger partial charge in [0.05, 0.1) is 7.11 Å². The number of benzene rings is 2. The molecule has 94 valence electrons. The summed E-state index contributed by atoms with van der Waals surface area (Å²) in [4.78, 5) is 0. The van der Waals surface area contributed by atoms with E-state index in [0.717, 1.165) is 24.2 Å². The number of hydrogen-bond acceptors (Lipinski definition) is 1. The van der Waals surface area contributed by atoms with Crippen molar-refractivity contribution < 1.29 is 4.74 Å². The summed E-state index contributed by atoms with van der Waals surface area (Å²) in [6.07, 6.45) is 2.17. The van der Waals surface area contributed by atoms with Crippen LogP contribution in [0.2, 0.25) is 0 Å². The van der Waals surface area contributed by atoms with Gasteiger partial charge in [-0.25, -0.2) is 0 Å². The van der Waals surface area contributed by atoms with Crippen molar-refractivity contribution in [3.63, 3.8) is 0 Å². The molecule has 1 nitrogen and oxygen atoms in total. The molecular formula is C17H20O. The highest BCUT2D eigenvalue weighted by Crippen LogP contribution is 2.31. The van der Waals surface area contributed by atoms with Crippen LogP contribution in [-0.2, 0) is 12.8 Å². The Morgan fingerprint density at radius 2 is 1.61 bits per heavy atom. The maximum atomic E-state index is 5.43. The van der Waals surface area contributed by atoms with Crippen LogP contribution in [0.1, 0.15) is 25.0 Å². The summed E-state index contributed by atoms with van der Waals surface area (Å²) in [6.45, 7) is 4.41. The van der Waals surface area contributed by atoms with Crippen LogP contribution in [0.3, 0.4) is 0 Å². The number of ether oxygens (including phenoxy) is 1. The summed E-state index contributed by atoms with van der Waals surface area (Å²) in [7, 11) is 1.72. The molecule has 0 aliphatic carbocycles. The molecule has 0 unspecified atom stereocenters. The summed E-state index contributed by atoms with van der Waals surface area (Å²) < 4.78 is 5.43. The molecule has 0 saturated heterocycles. The van der Waals surface area contributed by atoms with Crippen molar-refractivity contribution in [1.82, 2.24) is 0 Å². The monoisotopic (exact) mass is 240 g/mol. The van der Waals surface area contributed by atoms with Gasteiger partial charge < -0.3 is 4.74 Å². The minimum atomic E-state index is 0.934. The Labute approximate surface area is 109 Å². The van der Waals surface area contributed by atoms with Crippen LogP contribution in [0.25, 0.3) is 11.1 Å². The smallest absolute Gasteiger partial charge is 0.126 e. The first-order valence-corrected chi connectivity index (χ1v) is 6.55. The van der Waals surface area contributed by atoms with Crippen molar-refractivity contribution in [3.05, 3.63) is 53.6 Å². The van der Waals surface area contributed by atoms with E-state index in [1.807, 2.05) is 12.1 Å². The fourth-order valence-electron chi connectivity index (χ4n) is 2.35. The number of aryl methyl sites for hydroxylation is 2. The summed E-state index contributed by atoms with van der Waals surface area (Å²) in [5, 5.41) is 0. The van der Waals surface area contributed by atoms with Crippen LogP contribution >= 0.6 is 0 Å². The van der Waals surface area contributed by atoms with E-state index in [4.69, 9.17) is 4.74 Å². The van der Waals surface area contributed by atoms with Crippen molar-refractivity contribution in [2.45, 2.75) is 26.7 Å². The van der Waals surface area contributed by atoms with Crippen LogP contribution < -0.4 is 4.74 Å². The van der Waals surface area contributed by atoms with Gasteiger partial charge in [0.2, 0.25) is 0 Å². The lowest BCUT2D eigenvalue weighted by atomic mass is 9.96. The molecular weight excluding hydrogens is 220 g/mol. The molecule has 2 rings (SSSR count). The van der Waals surface area contributed by atoms with Crippen molar-refractivity contribution in [3.8, 4) is 16.9 Å². The third-order valence-corrected chi connectivity index (χ3v) is 3.39. The normalized spacial score (nSPS) is 10.4. The average molecular weight is 240 g/mol. The lowest BCUT2D eigenvalue weighted by molar-refractivity contribution is 0.416. The van der Waals surface area contributed by atoms with Gasteiger partial charge in [-0.05, 0) is 35.6 Å². The molecule has 0 bridgehead atoms. The second-order valence-electron chi connectivity index (χ2n) is 4.39. The van der Waals surface area contributed by atoms with Crippen LogP contribution in [-0.4, -0.2) is 7.11 Å². The summed E-state index contributed by atoms with van der Waals surface area (Å²) in [5.41, 5.74) is 5.27. The molecule has 0 atom stereocenters. The first kappa shape index (κ1) is 12.7. The molecule has 0 N–H and O–H groups in total. The van der Waals surface area contributed by atoms with Crippen molar-refractivity contribution in [1.29, 1.82) is 0 Å². The number of para-hydroxylation sites is 1. The highest BCUT2D eigenvalue weighted by Gasteiger charge is 2.07. The zero-order chi connectivity index (χ0) is 13.0. The Bertz CT molecular complexity index is 529. The first-order chi connectivity index (χ1) is 8.80. The number of rotatable bonds is 4. The Balaban J connectivity index is 2.51. The summed E-state index contributed by atoms with van der Waals surface area (Å²) in [5.74, 6) is 0.934. The molecule has 0 fully saturated rings. The lowest BCUT2D eigenvalue weighted by Gasteiger charge is -2.12. The molecule has 0 saturated carbocycles. The van der Waals surface area contributed by atoms with Gasteiger partial charge in [-0.3, -0.25) is 0 Å². The second-order valence-corrected chi connectivity index (χ2v) is 4.39. The largest absolute Gasteiger partial charge is 0.496 e. The molecule has 2 aromatic rings. The van der Waals surface area contributed by atoms with E-state index in [-0.39, 0.29) is 0 Å². The predicted molar refractivity (Wildman–Crippen MR) is 77.2 cm³/mol. The highest BCUT2D eigenvalue weighted by atomic mass is 16.5. The molecule has 2 aromatic carbocycles. The highest BCUT2D eigenvalue weighted by molar-refractivity contribution is 5.71. The Hall–Kier alpha value is -1.76. The van der Waals surface area contributed by atoms with E-state index >= 15 is 0 Å². The molecule has 0 aromatic heterocycles. The van der Waals surface area contributed by atoms with Gasteiger partial charge in [-0.15, -0.1) is 0 Å². The molecule has 1 heteroatoms. The fraction of sp³-hybridized carbons (Fsp3) is 0.294. The third kappa shape index (κ3) is 2.40. The number of methoxy groups -OCH3 is 1. The Morgan fingerprint density at radius 1 is 0.889 bits per heavy atom. The van der Waals surface area contributed by atoms with Crippen LogP contribution in [0, 0.1) is 0 Å². The summed E-state index contributed by atoms with van der Waals surface area (Å²) in [6, 6.07) is 14.9. The standard InChI is InChI=1S/C17H20O/c1-4-13-10-11-15(12-14(13)5-2)16-8-6-7-9-17(16)18-3/h6-12H,4-5H2,1-3H3. The zero-order valence-electron chi connectivity index (χ0n) is 11.4. The second kappa shape index (κ2) is 5.72. The SMILES string of the molecule is CCc1ccc(-c2ccccc2OC)cc1CC. The molecule has 0 amide bonds. The van der Waals surface area contributed by atoms with Crippen LogP contribution in [0.5, 0.6) is 5.75 Å². The van der Waals surface area contributed by atoms with Gasteiger partial charge in [0.1, 0.15) is 5.75 Å². The van der Waals surface area contributed by atoms with E-state index in [0.29, 0.717) is 0 Å². The molecule has 0 aliphatic rings. The van der Waals surface area contributed by atoms with Gasteiger partial charge in [0, 0.05) is 5.56 Å². The maximum Gasteiger partial charge on any atom is 0.126 e. The van der Waals surface area contributed by atoms with E-state index < -0.39 is 0 Å². The maximum absolute atomic E-state index is 5.43. The zero-order valence-corrected chi connectivity index (χ0v) is 11.4. The molecule has 18 heavy (non-hydrogen) atoms. The Kier molecular flexibility index (Phi) is 4.03. The topological polar surface area (TPSA) is 9.23 Å². The van der Waals surface area contributed by atoms with Gasteiger partial charge in [0.25, 0.3) is 0 Å². The quantitative estimate of drug-likeness (QED) is 0.765. The van der Waals surface area contributed by atoms with Crippen LogP contribution in [0.4, 0.5) is 0 Å². The van der Waals surface area contributed by atoms with Crippen LogP contribution in [0.15, 0.2) is 42.5 Å². The molecule has 0 aliphatic heterocycles. The van der Waals surface area contributed by atoms with E-state index in [9.17, 15) is 0 Å².